The minimum absolute atomic E-state index is 0.203. The number of carbonyl (C=O) groups excluding carboxylic acids is 4. The Hall–Kier alpha value is -1.08. The first-order valence-electron chi connectivity index (χ1n) is 37.8. The largest absolute Gasteiger partial charge is 0.486 e. The lowest BCUT2D eigenvalue weighted by atomic mass is 10.0. The monoisotopic (exact) mass is 1310 g/mol. The third-order valence-corrected chi connectivity index (χ3v) is 24.5. The topological polar surface area (TPSA) is 139 Å². The standard InChI is InChI=1S/C73H140Cl2O10P2/c1-5-9-13-17-21-25-29-33-37-41-45-49-53-57-61-65-69(76)82-86(80,83-70(77)66-62-58-54-50-46-42-38-34-30-26-22-18-14-10-6-2)73(74,75)87(81,84-71(78)67-63-59-55-51-47-43-39-35-31-27-23-19-15-11-7-3)85-72(79)68-64-60-56-52-48-44-40-36-32-28-24-20-16-12-8-4/h5-68H2,1-4H3. The smallest absolute Gasteiger partial charge is 0.380 e. The first-order valence-corrected chi connectivity index (χ1v) is 41.6. The molecule has 0 aliphatic carbocycles. The number of carbonyl (C=O) groups is 4. The molecule has 0 fully saturated rings. The SMILES string of the molecule is CCCCCCCCCCCCCCCCCC(=O)OP(=O)(OC(=O)CCCCCCCCCCCCCCCCC)C(Cl)(Cl)P(=O)(OC(=O)CCCCCCCCCCCCCCCCC)OC(=O)CCCCCCCCCCCCCCCCC. The first-order chi connectivity index (χ1) is 42.3. The molecule has 0 atom stereocenters. The highest BCUT2D eigenvalue weighted by Gasteiger charge is 2.71. The molecular weight excluding hydrogens is 1170 g/mol. The molecular formula is C73H140Cl2O10P2. The van der Waals surface area contributed by atoms with Crippen molar-refractivity contribution in [2.45, 2.75) is 442 Å². The molecule has 0 aromatic rings. The molecule has 87 heavy (non-hydrogen) atoms. The Morgan fingerprint density at radius 3 is 0.437 bits per heavy atom. The predicted octanol–water partition coefficient (Wildman–Crippen LogP) is 27.7. The second-order valence-electron chi connectivity index (χ2n) is 26.2. The molecule has 0 saturated heterocycles. The van der Waals surface area contributed by atoms with Crippen molar-refractivity contribution in [3.63, 3.8) is 0 Å². The Labute approximate surface area is 548 Å². The van der Waals surface area contributed by atoms with Gasteiger partial charge in [0.2, 0.25) is 0 Å². The zero-order chi connectivity index (χ0) is 63.9. The van der Waals surface area contributed by atoms with Crippen LogP contribution < -0.4 is 0 Å². The van der Waals surface area contributed by atoms with Crippen molar-refractivity contribution >= 4 is 62.3 Å². The highest BCUT2D eigenvalue weighted by atomic mass is 35.5. The van der Waals surface area contributed by atoms with Gasteiger partial charge in [0, 0.05) is 25.7 Å². The summed E-state index contributed by atoms with van der Waals surface area (Å²) >= 11 is 13.7. The van der Waals surface area contributed by atoms with Crippen molar-refractivity contribution in [3.8, 4) is 0 Å². The summed E-state index contributed by atoms with van der Waals surface area (Å²) in [6.45, 7) is 8.99. The molecule has 0 spiro atoms. The number of hydrogen-bond acceptors (Lipinski definition) is 10. The fourth-order valence-electron chi connectivity index (χ4n) is 11.7. The minimum atomic E-state index is -5.56. The van der Waals surface area contributed by atoms with E-state index in [1.54, 1.807) is 0 Å². The van der Waals surface area contributed by atoms with Crippen LogP contribution in [0.3, 0.4) is 0 Å². The van der Waals surface area contributed by atoms with Gasteiger partial charge in [0.05, 0.1) is 0 Å². The van der Waals surface area contributed by atoms with E-state index in [0.29, 0.717) is 51.4 Å². The summed E-state index contributed by atoms with van der Waals surface area (Å²) in [6, 6.07) is 0. The maximum atomic E-state index is 15.1. The van der Waals surface area contributed by atoms with E-state index in [9.17, 15) is 19.2 Å². The summed E-state index contributed by atoms with van der Waals surface area (Å²) in [4.78, 5) is 54.5. The highest BCUT2D eigenvalue weighted by Crippen LogP contribution is 2.82. The van der Waals surface area contributed by atoms with Crippen LogP contribution in [-0.4, -0.2) is 27.7 Å². The average molecular weight is 1310 g/mol. The lowest BCUT2D eigenvalue weighted by molar-refractivity contribution is -0.140. The van der Waals surface area contributed by atoms with Crippen LogP contribution in [0.2, 0.25) is 0 Å². The van der Waals surface area contributed by atoms with Crippen molar-refractivity contribution < 1.29 is 46.4 Å². The predicted molar refractivity (Wildman–Crippen MR) is 372 cm³/mol. The van der Waals surface area contributed by atoms with Crippen molar-refractivity contribution in [2.24, 2.45) is 0 Å². The van der Waals surface area contributed by atoms with Crippen molar-refractivity contribution in [1.29, 1.82) is 0 Å². The fraction of sp³-hybridized carbons (Fsp3) is 0.945. The van der Waals surface area contributed by atoms with Crippen molar-refractivity contribution in [2.75, 3.05) is 0 Å². The summed E-state index contributed by atoms with van der Waals surface area (Å²) < 4.78 is 48.6. The molecule has 0 unspecified atom stereocenters. The van der Waals surface area contributed by atoms with Gasteiger partial charge < -0.3 is 18.1 Å². The van der Waals surface area contributed by atoms with Gasteiger partial charge in [-0.15, -0.1) is 0 Å². The van der Waals surface area contributed by atoms with Crippen LogP contribution >= 0.6 is 38.4 Å². The summed E-state index contributed by atoms with van der Waals surface area (Å²) in [5.74, 6) is -4.12. The van der Waals surface area contributed by atoms with E-state index in [2.05, 4.69) is 27.7 Å². The van der Waals surface area contributed by atoms with Gasteiger partial charge in [-0.2, -0.15) is 0 Å². The minimum Gasteiger partial charge on any atom is -0.380 e. The molecule has 516 valence electrons. The third kappa shape index (κ3) is 53.0. The Balaban J connectivity index is 5.82. The number of alkyl halides is 2. The Morgan fingerprint density at radius 1 is 0.218 bits per heavy atom. The molecule has 0 bridgehead atoms. The van der Waals surface area contributed by atoms with Crippen LogP contribution in [0.1, 0.15) is 439 Å². The molecule has 0 aliphatic heterocycles. The molecule has 0 amide bonds. The summed E-state index contributed by atoms with van der Waals surface area (Å²) in [5, 5.41) is 0. The molecule has 0 aromatic carbocycles. The molecule has 10 nitrogen and oxygen atoms in total. The third-order valence-electron chi connectivity index (χ3n) is 17.5. The second-order valence-corrected chi connectivity index (χ2v) is 33.0. The molecule has 14 heteroatoms. The Kier molecular flexibility index (Phi) is 62.9. The van der Waals surface area contributed by atoms with Gasteiger partial charge in [0.15, 0.2) is 0 Å². The number of hydrogen-bond donors (Lipinski definition) is 0. The van der Waals surface area contributed by atoms with E-state index in [-0.39, 0.29) is 25.7 Å². The molecule has 0 saturated carbocycles. The lowest BCUT2D eigenvalue weighted by Crippen LogP contribution is -2.27. The van der Waals surface area contributed by atoms with Gasteiger partial charge in [-0.3, -0.25) is 19.2 Å². The molecule has 0 aliphatic rings. The van der Waals surface area contributed by atoms with E-state index < -0.39 is 42.9 Å². The van der Waals surface area contributed by atoms with Gasteiger partial charge in [0.1, 0.15) is 0 Å². The van der Waals surface area contributed by atoms with Gasteiger partial charge in [-0.05, 0) is 25.7 Å². The van der Waals surface area contributed by atoms with Crippen LogP contribution in [0.4, 0.5) is 0 Å². The van der Waals surface area contributed by atoms with Crippen molar-refractivity contribution in [3.05, 3.63) is 0 Å². The molecule has 0 N–H and O–H groups in total. The number of unbranched alkanes of at least 4 members (excludes halogenated alkanes) is 56. The number of halogens is 2. The molecule has 0 rings (SSSR count). The summed E-state index contributed by atoms with van der Waals surface area (Å²) in [6.07, 6.45) is 67.2. The van der Waals surface area contributed by atoms with E-state index in [4.69, 9.17) is 41.3 Å². The highest BCUT2D eigenvalue weighted by molar-refractivity contribution is 7.81. The van der Waals surface area contributed by atoms with Gasteiger partial charge in [0.25, 0.3) is 0 Å². The average Bonchev–Trinajstić information content (AvgIpc) is 0.899. The van der Waals surface area contributed by atoms with Crippen LogP contribution in [-0.2, 0) is 46.4 Å². The van der Waals surface area contributed by atoms with Crippen molar-refractivity contribution in [1.82, 2.24) is 0 Å². The van der Waals surface area contributed by atoms with Gasteiger partial charge in [-0.25, -0.2) is 9.13 Å². The van der Waals surface area contributed by atoms with E-state index in [0.717, 1.165) is 77.0 Å². The normalized spacial score (nSPS) is 12.0. The van der Waals surface area contributed by atoms with Crippen LogP contribution in [0.25, 0.3) is 0 Å². The lowest BCUT2D eigenvalue weighted by Gasteiger charge is -2.31. The zero-order valence-electron chi connectivity index (χ0n) is 57.5. The summed E-state index contributed by atoms with van der Waals surface area (Å²) in [5.41, 5.74) is 0. The van der Waals surface area contributed by atoms with E-state index >= 15 is 9.13 Å². The molecule has 0 radical (unpaired) electrons. The van der Waals surface area contributed by atoms with Crippen LogP contribution in [0, 0.1) is 0 Å². The maximum absolute atomic E-state index is 15.1. The van der Waals surface area contributed by atoms with E-state index in [1.807, 2.05) is 0 Å². The first kappa shape index (κ1) is 85.9. The molecule has 0 heterocycles. The van der Waals surface area contributed by atoms with Gasteiger partial charge >= 0.3 is 42.9 Å². The number of rotatable bonds is 70. The van der Waals surface area contributed by atoms with Crippen LogP contribution in [0.15, 0.2) is 0 Å². The maximum Gasteiger partial charge on any atom is 0.486 e. The Morgan fingerprint density at radius 2 is 0.322 bits per heavy atom. The molecule has 0 aromatic heterocycles. The van der Waals surface area contributed by atoms with Gasteiger partial charge in [-0.1, -0.05) is 410 Å². The quantitative estimate of drug-likeness (QED) is 0.0328. The van der Waals surface area contributed by atoms with Crippen LogP contribution in [0.5, 0.6) is 0 Å². The summed E-state index contributed by atoms with van der Waals surface area (Å²) in [7, 11) is -11.1. The van der Waals surface area contributed by atoms with E-state index in [1.165, 1.54) is 257 Å². The fourth-order valence-corrected chi connectivity index (χ4v) is 16.2. The zero-order valence-corrected chi connectivity index (χ0v) is 60.8. The second kappa shape index (κ2) is 63.7. The Bertz CT molecular complexity index is 1440.